The molecule has 2 rings (SSSR count). The first kappa shape index (κ1) is 47.1. The van der Waals surface area contributed by atoms with E-state index in [1.165, 1.54) is 0 Å². The normalized spacial score (nSPS) is 36.4. The van der Waals surface area contributed by atoms with Gasteiger partial charge in [0.25, 0.3) is 0 Å². The molecule has 1 saturated heterocycles. The van der Waals surface area contributed by atoms with Crippen LogP contribution >= 0.6 is 0 Å². The Balaban J connectivity index is 0.00000638. The van der Waals surface area contributed by atoms with Crippen molar-refractivity contribution in [3.05, 3.63) is 36.0 Å². The summed E-state index contributed by atoms with van der Waals surface area (Å²) in [6.07, 6.45) is 10.6. The van der Waals surface area contributed by atoms with Crippen LogP contribution in [-0.2, 0) is 38.0 Å². The molecule has 0 radical (unpaired) electrons. The van der Waals surface area contributed by atoms with Crippen LogP contribution < -0.4 is 0 Å². The molecule has 2 aliphatic heterocycles. The third-order valence-electron chi connectivity index (χ3n) is 10.8. The highest BCUT2D eigenvalue weighted by atomic mass is 16.7. The van der Waals surface area contributed by atoms with Crippen molar-refractivity contribution in [1.29, 1.82) is 0 Å². The van der Waals surface area contributed by atoms with Gasteiger partial charge in [0.2, 0.25) is 0 Å². The van der Waals surface area contributed by atoms with Crippen molar-refractivity contribution in [3.8, 4) is 0 Å². The summed E-state index contributed by atoms with van der Waals surface area (Å²) in [4.78, 5) is 29.3. The summed E-state index contributed by atoms with van der Waals surface area (Å²) in [5.41, 5.74) is 0.980. The molecule has 0 aromatic heterocycles. The number of carbonyl (C=O) groups is 2. The van der Waals surface area contributed by atoms with Crippen LogP contribution in [0.15, 0.2) is 36.0 Å². The van der Waals surface area contributed by atoms with Gasteiger partial charge in [-0.05, 0) is 78.0 Å². The lowest BCUT2D eigenvalue weighted by Gasteiger charge is -2.49. The van der Waals surface area contributed by atoms with Crippen molar-refractivity contribution in [2.75, 3.05) is 34.9 Å². The summed E-state index contributed by atoms with van der Waals surface area (Å²) in [7, 11) is 7.40. The Hall–Kier alpha value is -1.88. The number of hydrogen-bond acceptors (Lipinski definition) is 9. The van der Waals surface area contributed by atoms with E-state index in [1.54, 1.807) is 20.3 Å². The Bertz CT molecular complexity index is 1080. The predicted octanol–water partition coefficient (Wildman–Crippen LogP) is 8.42. The SMILES string of the molecule is C/C=C/CO[C@H]1[C@H](N(C)C)[C@@H](C)[C@H](O[C@H]2[C@@H](CC(OC)OC)C[C@@H](C)C(=O)/C=C/C(C)=C/[C@H](CC)[C@@H](CC)OC(=O)C[C@@H](C)[C@@H]2C)O[C@@H]1C.CC. The number of likely N-dealkylation sites (N-methyl/N-ethyl adjacent to an activating group) is 1. The third kappa shape index (κ3) is 14.5. The first-order valence-electron chi connectivity index (χ1n) is 19.6. The highest BCUT2D eigenvalue weighted by Crippen LogP contribution is 2.39. The molecular weight excluding hydrogens is 646 g/mol. The summed E-state index contributed by atoms with van der Waals surface area (Å²) < 4.78 is 37.7. The van der Waals surface area contributed by atoms with E-state index >= 15 is 0 Å². The van der Waals surface area contributed by atoms with E-state index in [0.717, 1.165) is 12.0 Å². The van der Waals surface area contributed by atoms with Gasteiger partial charge in [-0.25, -0.2) is 0 Å². The van der Waals surface area contributed by atoms with Crippen LogP contribution in [0, 0.1) is 35.5 Å². The second-order valence-electron chi connectivity index (χ2n) is 14.7. The van der Waals surface area contributed by atoms with Crippen molar-refractivity contribution in [3.63, 3.8) is 0 Å². The van der Waals surface area contributed by atoms with Gasteiger partial charge in [-0.2, -0.15) is 0 Å². The molecule has 9 nitrogen and oxygen atoms in total. The van der Waals surface area contributed by atoms with Gasteiger partial charge in [0.05, 0.1) is 24.9 Å². The zero-order valence-corrected chi connectivity index (χ0v) is 34.8. The topological polar surface area (TPSA) is 92.8 Å². The number of ether oxygens (including phenoxy) is 6. The van der Waals surface area contributed by atoms with Crippen molar-refractivity contribution < 1.29 is 38.0 Å². The number of methoxy groups -OCH3 is 2. The Labute approximate surface area is 311 Å². The first-order chi connectivity index (χ1) is 24.2. The quantitative estimate of drug-likeness (QED) is 0.112. The van der Waals surface area contributed by atoms with E-state index in [-0.39, 0.29) is 84.1 Å². The van der Waals surface area contributed by atoms with E-state index in [1.807, 2.05) is 59.8 Å². The summed E-state index contributed by atoms with van der Waals surface area (Å²) in [6.45, 7) is 23.1. The van der Waals surface area contributed by atoms with Gasteiger partial charge >= 0.3 is 5.97 Å². The van der Waals surface area contributed by atoms with Crippen molar-refractivity contribution in [2.24, 2.45) is 35.5 Å². The van der Waals surface area contributed by atoms with Crippen molar-refractivity contribution in [2.45, 2.75) is 151 Å². The van der Waals surface area contributed by atoms with E-state index in [4.69, 9.17) is 28.4 Å². The molecule has 296 valence electrons. The fourth-order valence-electron chi connectivity index (χ4n) is 7.58. The Morgan fingerprint density at radius 2 is 1.61 bits per heavy atom. The Morgan fingerprint density at radius 1 is 0.961 bits per heavy atom. The fraction of sp³-hybridized carbons (Fsp3) is 0.810. The van der Waals surface area contributed by atoms with E-state index in [0.29, 0.717) is 25.9 Å². The van der Waals surface area contributed by atoms with Crippen molar-refractivity contribution >= 4 is 11.8 Å². The van der Waals surface area contributed by atoms with E-state index in [9.17, 15) is 9.59 Å². The van der Waals surface area contributed by atoms with Crippen LogP contribution in [-0.4, -0.2) is 94.6 Å². The Morgan fingerprint density at radius 3 is 2.16 bits per heavy atom. The molecule has 0 aromatic rings. The van der Waals surface area contributed by atoms with E-state index < -0.39 is 12.6 Å². The molecule has 2 heterocycles. The number of nitrogens with zero attached hydrogens (tertiary/aromatic N) is 1. The number of ketones is 1. The van der Waals surface area contributed by atoms with Crippen LogP contribution in [0.5, 0.6) is 0 Å². The molecule has 0 aromatic carbocycles. The molecule has 0 N–H and O–H groups in total. The van der Waals surface area contributed by atoms with Gasteiger partial charge < -0.3 is 33.3 Å². The second-order valence-corrected chi connectivity index (χ2v) is 14.7. The van der Waals surface area contributed by atoms with Gasteiger partial charge in [0, 0.05) is 50.9 Å². The highest BCUT2D eigenvalue weighted by molar-refractivity contribution is 5.91. The van der Waals surface area contributed by atoms with Crippen LogP contribution in [0.4, 0.5) is 0 Å². The highest BCUT2D eigenvalue weighted by Gasteiger charge is 2.47. The average molecular weight is 722 g/mol. The molecule has 1 fully saturated rings. The molecule has 9 heteroatoms. The Kier molecular flexibility index (Phi) is 22.6. The van der Waals surface area contributed by atoms with Gasteiger partial charge in [-0.3, -0.25) is 9.59 Å². The molecular formula is C42H75NO8. The van der Waals surface area contributed by atoms with E-state index in [2.05, 4.69) is 59.7 Å². The molecule has 0 saturated carbocycles. The minimum atomic E-state index is -0.541. The average Bonchev–Trinajstić information content (AvgIpc) is 3.10. The molecule has 0 spiro atoms. The maximum atomic E-state index is 13.6. The molecule has 2 aliphatic rings. The third-order valence-corrected chi connectivity index (χ3v) is 10.8. The second kappa shape index (κ2) is 24.4. The van der Waals surface area contributed by atoms with Gasteiger partial charge in [0.15, 0.2) is 18.4 Å². The van der Waals surface area contributed by atoms with Crippen LogP contribution in [0.2, 0.25) is 0 Å². The number of esters is 1. The molecule has 51 heavy (non-hydrogen) atoms. The lowest BCUT2D eigenvalue weighted by Crippen LogP contribution is -2.60. The number of allylic oxidation sites excluding steroid dienone is 4. The zero-order chi connectivity index (χ0) is 38.8. The summed E-state index contributed by atoms with van der Waals surface area (Å²) in [6, 6.07) is 0.0384. The minimum Gasteiger partial charge on any atom is -0.462 e. The first-order valence-corrected chi connectivity index (χ1v) is 19.6. The molecule has 0 amide bonds. The summed E-state index contributed by atoms with van der Waals surface area (Å²) >= 11 is 0. The maximum absolute atomic E-state index is 13.6. The molecule has 0 unspecified atom stereocenters. The number of carbonyl (C=O) groups excluding carboxylic acids is 2. The molecule has 0 bridgehead atoms. The summed E-state index contributed by atoms with van der Waals surface area (Å²) in [5, 5.41) is 0. The van der Waals surface area contributed by atoms with Gasteiger partial charge in [-0.15, -0.1) is 0 Å². The fourth-order valence-corrected chi connectivity index (χ4v) is 7.58. The molecule has 0 aliphatic carbocycles. The van der Waals surface area contributed by atoms with Crippen LogP contribution in [0.25, 0.3) is 0 Å². The predicted molar refractivity (Wildman–Crippen MR) is 206 cm³/mol. The number of hydrogen-bond donors (Lipinski definition) is 0. The molecule has 12 atom stereocenters. The lowest BCUT2D eigenvalue weighted by atomic mass is 9.76. The van der Waals surface area contributed by atoms with Crippen LogP contribution in [0.1, 0.15) is 108 Å². The lowest BCUT2D eigenvalue weighted by molar-refractivity contribution is -0.292. The number of rotatable bonds is 12. The van der Waals surface area contributed by atoms with Gasteiger partial charge in [0.1, 0.15) is 6.10 Å². The van der Waals surface area contributed by atoms with Crippen molar-refractivity contribution in [1.82, 2.24) is 4.90 Å². The minimum absolute atomic E-state index is 0.0380. The maximum Gasteiger partial charge on any atom is 0.306 e. The summed E-state index contributed by atoms with van der Waals surface area (Å²) in [5.74, 6) is -0.693. The monoisotopic (exact) mass is 722 g/mol. The smallest absolute Gasteiger partial charge is 0.306 e. The van der Waals surface area contributed by atoms with Crippen LogP contribution in [0.3, 0.4) is 0 Å². The largest absolute Gasteiger partial charge is 0.462 e. The number of cyclic esters (lactones) is 1. The van der Waals surface area contributed by atoms with Gasteiger partial charge in [-0.1, -0.05) is 85.3 Å². The standard InChI is InChI=1S/C40H69NO8.C2H6/c1-14-17-20-46-39-30(9)47-40(29(8)37(39)41(10)11)49-38-28(7)26(5)23-35(43)48-34(16-3)31(15-2)21-25(4)18-19-33(42)27(6)22-32(38)24-36(44-12)45-13;1-2/h14,17-19,21,26-32,34,36-40H,15-16,20,22-24H2,1-13H3;1-2H3/b17-14+,19-18+,25-21+;/t26-,27-,28+,29-,30-,31+,32-,34-,37-,38-,39-,40+;/m1./s1. The zero-order valence-electron chi connectivity index (χ0n) is 34.8.